The van der Waals surface area contributed by atoms with Crippen LogP contribution in [0.4, 0.5) is 0 Å². The lowest BCUT2D eigenvalue weighted by atomic mass is 10.3. The highest BCUT2D eigenvalue weighted by Gasteiger charge is 2.23. The van der Waals surface area contributed by atoms with Crippen LogP contribution in [-0.2, 0) is 0 Å². The molecule has 0 amide bonds. The summed E-state index contributed by atoms with van der Waals surface area (Å²) in [4.78, 5) is 2.09. The van der Waals surface area contributed by atoms with Gasteiger partial charge in [-0.1, -0.05) is 0 Å². The van der Waals surface area contributed by atoms with E-state index in [2.05, 4.69) is 15.5 Å². The minimum atomic E-state index is -0.614. The van der Waals surface area contributed by atoms with Crippen LogP contribution < -0.4 is 10.6 Å². The van der Waals surface area contributed by atoms with E-state index in [1.54, 1.807) is 0 Å². The third kappa shape index (κ3) is 0.778. The third-order valence-electron chi connectivity index (χ3n) is 2.02. The van der Waals surface area contributed by atoms with E-state index in [4.69, 9.17) is 1.37 Å². The van der Waals surface area contributed by atoms with Gasteiger partial charge in [-0.15, -0.1) is 0 Å². The van der Waals surface area contributed by atoms with E-state index in [-0.39, 0.29) is 0 Å². The summed E-state index contributed by atoms with van der Waals surface area (Å²) in [5.74, 6) is 0. The van der Waals surface area contributed by atoms with Crippen molar-refractivity contribution in [2.24, 2.45) is 0 Å². The van der Waals surface area contributed by atoms with E-state index in [0.717, 1.165) is 19.6 Å². The van der Waals surface area contributed by atoms with Crippen molar-refractivity contribution in [2.75, 3.05) is 19.6 Å². The molecule has 0 aromatic heterocycles. The Bertz CT molecular complexity index is 200. The molecule has 0 saturated carbocycles. The van der Waals surface area contributed by atoms with Crippen LogP contribution in [-0.4, -0.2) is 30.7 Å². The fourth-order valence-electron chi connectivity index (χ4n) is 1.42. The fraction of sp³-hybridized carbons (Fsp3) is 0.714. The van der Waals surface area contributed by atoms with E-state index < -0.39 is 6.14 Å². The van der Waals surface area contributed by atoms with Gasteiger partial charge in [0.05, 0.1) is 7.51 Å². The van der Waals surface area contributed by atoms with E-state index in [1.165, 1.54) is 5.70 Å². The Labute approximate surface area is 62.5 Å². The molecular weight excluding hydrogens is 126 g/mol. The van der Waals surface area contributed by atoms with Crippen LogP contribution in [0.3, 0.4) is 0 Å². The Balaban J connectivity index is 2.18. The summed E-state index contributed by atoms with van der Waals surface area (Å²) in [6.07, 6.45) is 1.32. The van der Waals surface area contributed by atoms with Gasteiger partial charge in [0.1, 0.15) is 0 Å². The zero-order chi connectivity index (χ0) is 7.90. The molecule has 0 spiro atoms. The minimum Gasteiger partial charge on any atom is -0.370 e. The Morgan fingerprint density at radius 1 is 1.90 bits per heavy atom. The molecule has 2 heterocycles. The quantitative estimate of drug-likeness (QED) is 0.483. The predicted octanol–water partition coefficient (Wildman–Crippen LogP) is -0.318. The largest absolute Gasteiger partial charge is 0.370 e. The van der Waals surface area contributed by atoms with Gasteiger partial charge < -0.3 is 15.5 Å². The third-order valence-corrected chi connectivity index (χ3v) is 2.02. The average molecular weight is 140 g/mol. The second kappa shape index (κ2) is 2.16. The predicted molar refractivity (Wildman–Crippen MR) is 40.3 cm³/mol. The van der Waals surface area contributed by atoms with Gasteiger partial charge in [0.15, 0.2) is 0 Å². The molecule has 0 bridgehead atoms. The van der Waals surface area contributed by atoms with Crippen LogP contribution in [0.1, 0.15) is 8.29 Å². The van der Waals surface area contributed by atoms with Crippen molar-refractivity contribution in [3.63, 3.8) is 0 Å². The van der Waals surface area contributed by atoms with Crippen molar-refractivity contribution in [2.45, 2.75) is 13.1 Å². The summed E-state index contributed by atoms with van der Waals surface area (Å²) >= 11 is 0. The van der Waals surface area contributed by atoms with Crippen molar-refractivity contribution in [3.05, 3.63) is 11.9 Å². The maximum Gasteiger partial charge on any atom is 0.0955 e. The molecule has 2 aliphatic heterocycles. The Morgan fingerprint density at radius 2 is 2.80 bits per heavy atom. The molecule has 0 aromatic rings. The Kier molecular flexibility index (Phi) is 1.09. The van der Waals surface area contributed by atoms with Crippen molar-refractivity contribution in [1.29, 1.82) is 0 Å². The van der Waals surface area contributed by atoms with E-state index in [0.29, 0.717) is 0 Å². The Morgan fingerprint density at radius 3 is 3.60 bits per heavy atom. The zero-order valence-electron chi connectivity index (χ0n) is 7.15. The molecule has 3 heteroatoms. The molecule has 1 saturated heterocycles. The maximum absolute atomic E-state index is 7.85. The topological polar surface area (TPSA) is 27.3 Å². The summed E-state index contributed by atoms with van der Waals surface area (Å²) < 4.78 is 7.85. The minimum absolute atomic E-state index is 0.614. The number of piperazine rings is 1. The van der Waals surface area contributed by atoms with Crippen molar-refractivity contribution in [1.82, 2.24) is 15.5 Å². The monoisotopic (exact) mass is 140 g/mol. The number of nitrogens with one attached hydrogen (secondary N) is 2. The van der Waals surface area contributed by atoms with E-state index >= 15 is 0 Å². The highest BCUT2D eigenvalue weighted by molar-refractivity contribution is 5.11. The van der Waals surface area contributed by atoms with Gasteiger partial charge in [-0.2, -0.15) is 0 Å². The van der Waals surface area contributed by atoms with Gasteiger partial charge in [0, 0.05) is 31.5 Å². The van der Waals surface area contributed by atoms with Gasteiger partial charge >= 0.3 is 0 Å². The first-order valence-electron chi connectivity index (χ1n) is 4.15. The molecule has 1 atom stereocenters. The lowest BCUT2D eigenvalue weighted by Crippen LogP contribution is -2.44. The standard InChI is InChI=1S/C7H13N3/c1-6-9-5-7-4-8-2-3-10(6)7/h5-6,8-9H,2-4H2,1H3/i6D. The maximum atomic E-state index is 7.85. The van der Waals surface area contributed by atoms with Gasteiger partial charge in [0.25, 0.3) is 0 Å². The van der Waals surface area contributed by atoms with Crippen LogP contribution in [0.2, 0.25) is 0 Å². The molecule has 0 aliphatic carbocycles. The first-order valence-corrected chi connectivity index (χ1v) is 3.65. The molecular formula is C7H13N3. The SMILES string of the molecule is [2H]C1(C)NC=C2CNCCN21. The molecule has 2 aliphatic rings. The fourth-order valence-corrected chi connectivity index (χ4v) is 1.42. The second-order valence-electron chi connectivity index (χ2n) is 2.69. The molecule has 0 radical (unpaired) electrons. The van der Waals surface area contributed by atoms with Gasteiger partial charge in [-0.25, -0.2) is 0 Å². The van der Waals surface area contributed by atoms with Crippen LogP contribution >= 0.6 is 0 Å². The molecule has 56 valence electrons. The lowest BCUT2D eigenvalue weighted by Gasteiger charge is -2.30. The van der Waals surface area contributed by atoms with Crippen LogP contribution in [0, 0.1) is 0 Å². The molecule has 0 aromatic carbocycles. The molecule has 2 rings (SSSR count). The first-order chi connectivity index (χ1) is 5.20. The second-order valence-corrected chi connectivity index (χ2v) is 2.69. The number of hydrogen-bond donors (Lipinski definition) is 2. The normalized spacial score (nSPS) is 39.9. The van der Waals surface area contributed by atoms with Gasteiger partial charge in [-0.3, -0.25) is 0 Å². The van der Waals surface area contributed by atoms with Gasteiger partial charge in [-0.05, 0) is 6.92 Å². The number of hydrogen-bond acceptors (Lipinski definition) is 3. The smallest absolute Gasteiger partial charge is 0.0955 e. The highest BCUT2D eigenvalue weighted by atomic mass is 15.3. The Hall–Kier alpha value is -0.700. The molecule has 2 N–H and O–H groups in total. The summed E-state index contributed by atoms with van der Waals surface area (Å²) in [5.41, 5.74) is 1.20. The first kappa shape index (κ1) is 5.02. The molecule has 10 heavy (non-hydrogen) atoms. The summed E-state index contributed by atoms with van der Waals surface area (Å²) in [6.45, 7) is 4.68. The summed E-state index contributed by atoms with van der Waals surface area (Å²) in [6, 6.07) is 0. The van der Waals surface area contributed by atoms with Crippen LogP contribution in [0.25, 0.3) is 0 Å². The lowest BCUT2D eigenvalue weighted by molar-refractivity contribution is 0.249. The van der Waals surface area contributed by atoms with Crippen LogP contribution in [0.15, 0.2) is 11.9 Å². The van der Waals surface area contributed by atoms with Crippen molar-refractivity contribution in [3.8, 4) is 0 Å². The zero-order valence-corrected chi connectivity index (χ0v) is 6.15. The molecule has 1 fully saturated rings. The number of rotatable bonds is 0. The molecule has 1 unspecified atom stereocenters. The number of nitrogens with zero attached hydrogens (tertiary/aromatic N) is 1. The average Bonchev–Trinajstić information content (AvgIpc) is 2.29. The number of fused-ring (bicyclic) bond motifs is 1. The highest BCUT2D eigenvalue weighted by Crippen LogP contribution is 2.14. The van der Waals surface area contributed by atoms with Crippen molar-refractivity contribution >= 4 is 0 Å². The van der Waals surface area contributed by atoms with E-state index in [9.17, 15) is 0 Å². The summed E-state index contributed by atoms with van der Waals surface area (Å²) in [7, 11) is 0. The van der Waals surface area contributed by atoms with E-state index in [1.807, 2.05) is 13.1 Å². The van der Waals surface area contributed by atoms with Crippen molar-refractivity contribution < 1.29 is 1.37 Å². The van der Waals surface area contributed by atoms with Crippen LogP contribution in [0.5, 0.6) is 0 Å². The molecule has 3 nitrogen and oxygen atoms in total. The summed E-state index contributed by atoms with van der Waals surface area (Å²) in [5, 5.41) is 6.29. The van der Waals surface area contributed by atoms with Gasteiger partial charge in [0.2, 0.25) is 0 Å².